The normalized spacial score (nSPS) is 14.0. The van der Waals surface area contributed by atoms with Crippen molar-refractivity contribution in [1.82, 2.24) is 63.1 Å². The third-order valence-corrected chi connectivity index (χ3v) is 21.2. The lowest BCUT2D eigenvalue weighted by atomic mass is 10.0. The molecule has 9 heterocycles. The molecule has 0 radical (unpaired) electrons. The van der Waals surface area contributed by atoms with Crippen molar-refractivity contribution in [3.05, 3.63) is 322 Å². The lowest BCUT2D eigenvalue weighted by Gasteiger charge is -2.16. The third-order valence-electron chi connectivity index (χ3n) is 19.4. The Morgan fingerprint density at radius 2 is 0.752 bits per heavy atom. The number of sulfonamides is 1. The van der Waals surface area contributed by atoms with Crippen LogP contribution < -0.4 is 0 Å². The van der Waals surface area contributed by atoms with E-state index in [4.69, 9.17) is 0 Å². The molecule has 0 bridgehead atoms. The van der Waals surface area contributed by atoms with Crippen LogP contribution in [0.1, 0.15) is 75.7 Å². The van der Waals surface area contributed by atoms with Crippen LogP contribution in [0, 0.1) is 23.3 Å². The number of hydrogen-bond donors (Lipinski definition) is 0. The summed E-state index contributed by atoms with van der Waals surface area (Å²) in [5.74, 6) is -1.58. The summed E-state index contributed by atoms with van der Waals surface area (Å²) in [4.78, 5) is 46.8. The van der Waals surface area contributed by atoms with Crippen LogP contribution in [0.25, 0.3) is 66.3 Å². The molecule has 0 fully saturated rings. The van der Waals surface area contributed by atoms with Gasteiger partial charge in [-0.1, -0.05) is 133 Å². The molecule has 4 aliphatic heterocycles. The van der Waals surface area contributed by atoms with E-state index in [1.54, 1.807) is 138 Å². The maximum absolute atomic E-state index is 14.8. The van der Waals surface area contributed by atoms with Crippen molar-refractivity contribution in [2.75, 3.05) is 0 Å². The zero-order chi connectivity index (χ0) is 72.8. The first-order valence-corrected chi connectivity index (χ1v) is 35.2. The minimum atomic E-state index is -3.57. The molecule has 14 aromatic rings. The number of aryl methyl sites for hydroxylation is 4. The van der Waals surface area contributed by atoms with Crippen LogP contribution in [0.2, 0.25) is 0 Å². The largest absolute Gasteiger partial charge is 0.330 e. The Bertz CT molecular complexity index is 5680. The first-order chi connectivity index (χ1) is 50.8. The van der Waals surface area contributed by atoms with Crippen molar-refractivity contribution in [2.24, 2.45) is 28.2 Å². The topological polar surface area (TPSA) is 182 Å². The number of aromatic nitrogens is 9. The van der Waals surface area contributed by atoms with E-state index < -0.39 is 15.8 Å². The lowest BCUT2D eigenvalue weighted by molar-refractivity contribution is 0.0755. The SMILES string of the molecule is Cn1cc(-c2ccc(CN3Cc4ccccc4S3(=O)=O)c(F)c2)cn1.Cn1cc(-c2ccc(CN3Cc4cccnc4C3=O)c(F)c2)cn1.Cn1ncc2ccc(-c3ccc(CN4Cc5ccccc5C4=O)c(F)c3)cc21.Cn1ncc2ccc(-c3ccc(CN4Cc5ccccc5C4=O)c(F)c3)cc21. The van der Waals surface area contributed by atoms with Gasteiger partial charge in [-0.25, -0.2) is 26.0 Å². The van der Waals surface area contributed by atoms with Crippen molar-refractivity contribution in [2.45, 2.75) is 57.3 Å². The van der Waals surface area contributed by atoms with Crippen LogP contribution in [0.3, 0.4) is 0 Å². The molecule has 524 valence electrons. The maximum atomic E-state index is 14.8. The number of carbonyl (C=O) groups excluding carboxylic acids is 3. The van der Waals surface area contributed by atoms with E-state index in [0.29, 0.717) is 69.2 Å². The summed E-state index contributed by atoms with van der Waals surface area (Å²) in [6.07, 6.45) is 12.2. The van der Waals surface area contributed by atoms with Gasteiger partial charge in [-0.2, -0.15) is 24.7 Å². The molecule has 0 spiro atoms. The monoisotopic (exact) mass is 1420 g/mol. The van der Waals surface area contributed by atoms with Crippen molar-refractivity contribution >= 4 is 49.6 Å². The van der Waals surface area contributed by atoms with E-state index in [9.17, 15) is 40.4 Å². The van der Waals surface area contributed by atoms with Crippen molar-refractivity contribution in [3.8, 4) is 44.5 Å². The molecule has 3 amide bonds. The highest BCUT2D eigenvalue weighted by Crippen LogP contribution is 2.35. The smallest absolute Gasteiger partial charge is 0.273 e. The Labute approximate surface area is 601 Å². The second kappa shape index (κ2) is 28.4. The van der Waals surface area contributed by atoms with Crippen LogP contribution in [0.15, 0.2) is 242 Å². The number of rotatable bonds is 12. The predicted molar refractivity (Wildman–Crippen MR) is 390 cm³/mol. The fourth-order valence-electron chi connectivity index (χ4n) is 13.7. The molecule has 5 aromatic heterocycles. The van der Waals surface area contributed by atoms with E-state index >= 15 is 0 Å². The zero-order valence-electron chi connectivity index (χ0n) is 57.4. The van der Waals surface area contributed by atoms with Gasteiger partial charge >= 0.3 is 0 Å². The van der Waals surface area contributed by atoms with E-state index in [1.165, 1.54) is 16.4 Å². The Kier molecular flexibility index (Phi) is 18.5. The summed E-state index contributed by atoms with van der Waals surface area (Å²) in [6.45, 7) is 2.54. The number of benzene rings is 9. The summed E-state index contributed by atoms with van der Waals surface area (Å²) < 4.78 is 92.1. The van der Waals surface area contributed by atoms with Gasteiger partial charge in [-0.15, -0.1) is 0 Å². The van der Waals surface area contributed by atoms with Gasteiger partial charge in [0.2, 0.25) is 10.0 Å². The molecule has 0 N–H and O–H groups in total. The zero-order valence-corrected chi connectivity index (χ0v) is 58.3. The van der Waals surface area contributed by atoms with Gasteiger partial charge in [-0.3, -0.25) is 38.1 Å². The van der Waals surface area contributed by atoms with E-state index in [-0.39, 0.29) is 67.9 Å². The van der Waals surface area contributed by atoms with Gasteiger partial charge < -0.3 is 14.7 Å². The summed E-state index contributed by atoms with van der Waals surface area (Å²) in [5.41, 5.74) is 16.0. The number of amides is 3. The summed E-state index contributed by atoms with van der Waals surface area (Å²) in [7, 11) is 3.83. The fraction of sp³-hybridized carbons (Fsp3) is 0.146. The Hall–Kier alpha value is -12.5. The number of nitrogens with zero attached hydrogens (tertiary/aromatic N) is 13. The number of hydrogen-bond acceptors (Lipinski definition) is 10. The van der Waals surface area contributed by atoms with Crippen LogP contribution >= 0.6 is 0 Å². The predicted octanol–water partition coefficient (Wildman–Crippen LogP) is 14.8. The summed E-state index contributed by atoms with van der Waals surface area (Å²) in [6, 6.07) is 57.9. The highest BCUT2D eigenvalue weighted by atomic mass is 32.2. The van der Waals surface area contributed by atoms with Crippen molar-refractivity contribution in [1.29, 1.82) is 0 Å². The summed E-state index contributed by atoms with van der Waals surface area (Å²) >= 11 is 0. The van der Waals surface area contributed by atoms with Gasteiger partial charge in [0, 0.05) is 160 Å². The average Bonchev–Trinajstić information content (AvgIpc) is 1.61. The fourth-order valence-corrected chi connectivity index (χ4v) is 15.3. The second-order valence-electron chi connectivity index (χ2n) is 26.3. The molecular formula is C82H67F4N13O5S. The number of fused-ring (bicyclic) bond motifs is 6. The molecule has 0 atom stereocenters. The molecule has 23 heteroatoms. The Morgan fingerprint density at radius 3 is 1.17 bits per heavy atom. The first-order valence-electron chi connectivity index (χ1n) is 33.8. The molecule has 0 aliphatic carbocycles. The first kappa shape index (κ1) is 68.3. The van der Waals surface area contributed by atoms with Gasteiger partial charge in [0.1, 0.15) is 29.0 Å². The number of carbonyl (C=O) groups is 3. The molecule has 0 unspecified atom stereocenters. The minimum Gasteiger partial charge on any atom is -0.330 e. The van der Waals surface area contributed by atoms with Crippen molar-refractivity contribution < 1.29 is 40.4 Å². The molecule has 0 saturated carbocycles. The van der Waals surface area contributed by atoms with Crippen molar-refractivity contribution in [3.63, 3.8) is 0 Å². The highest BCUT2D eigenvalue weighted by molar-refractivity contribution is 7.89. The lowest BCUT2D eigenvalue weighted by Crippen LogP contribution is -2.24. The van der Waals surface area contributed by atoms with E-state index in [2.05, 4.69) is 25.4 Å². The summed E-state index contributed by atoms with van der Waals surface area (Å²) in [5, 5.41) is 18.8. The highest BCUT2D eigenvalue weighted by Gasteiger charge is 2.35. The molecule has 18 nitrogen and oxygen atoms in total. The van der Waals surface area contributed by atoms with Crippen LogP contribution in [-0.4, -0.2) is 89.3 Å². The van der Waals surface area contributed by atoms with Gasteiger partial charge in [0.15, 0.2) is 0 Å². The third kappa shape index (κ3) is 13.9. The number of pyridine rings is 1. The average molecular weight is 1420 g/mol. The van der Waals surface area contributed by atoms with E-state index in [0.717, 1.165) is 83.0 Å². The molecular weight excluding hydrogens is 1360 g/mol. The molecule has 9 aromatic carbocycles. The maximum Gasteiger partial charge on any atom is 0.273 e. The molecule has 105 heavy (non-hydrogen) atoms. The quantitative estimate of drug-likeness (QED) is 0.107. The molecule has 4 aliphatic rings. The standard InChI is InChI=1S/2C23H18FN3O.C18H15FN4O.C18H16FN3O2S/c2*1-26-22-11-16(6-8-17(22)12-25-26)15-7-9-19(21(24)10-15)14-27-13-18-4-2-3-5-20(18)23(27)28;1-22-9-15(8-21-22)12-4-5-13(16(19)7-12)10-23-11-14-3-2-6-20-17(14)18(23)24;1-21-10-16(9-20-21)13-6-7-14(17(19)8-13)11-22-12-15-4-2-3-5-18(15)25(22,23)24/h2*2-12H,13-14H2,1H3;2-9H,10-11H2,1H3;2-10H,11-12H2,1H3. The molecule has 18 rings (SSSR count). The Morgan fingerprint density at radius 1 is 0.371 bits per heavy atom. The Balaban J connectivity index is 0.000000113. The van der Waals surface area contributed by atoms with Gasteiger partial charge in [0.05, 0.1) is 40.7 Å². The minimum absolute atomic E-state index is 0.0101. The molecule has 0 saturated heterocycles. The van der Waals surface area contributed by atoms with Gasteiger partial charge in [0.25, 0.3) is 17.7 Å². The van der Waals surface area contributed by atoms with Crippen LogP contribution in [0.4, 0.5) is 17.6 Å². The second-order valence-corrected chi connectivity index (χ2v) is 28.2. The van der Waals surface area contributed by atoms with E-state index in [1.807, 2.05) is 149 Å². The van der Waals surface area contributed by atoms with Crippen LogP contribution in [-0.2, 0) is 90.6 Å². The number of halogens is 4. The van der Waals surface area contributed by atoms with Gasteiger partial charge in [-0.05, 0) is 111 Å². The van der Waals surface area contributed by atoms with Crippen LogP contribution in [0.5, 0.6) is 0 Å².